The van der Waals surface area contributed by atoms with Gasteiger partial charge in [0.05, 0.1) is 11.1 Å². The van der Waals surface area contributed by atoms with Crippen molar-refractivity contribution in [1.82, 2.24) is 0 Å². The van der Waals surface area contributed by atoms with E-state index in [9.17, 15) is 9.50 Å². The van der Waals surface area contributed by atoms with E-state index in [0.717, 1.165) is 12.8 Å². The lowest BCUT2D eigenvalue weighted by atomic mass is 9.94. The van der Waals surface area contributed by atoms with Crippen molar-refractivity contribution in [2.24, 2.45) is 5.92 Å². The van der Waals surface area contributed by atoms with E-state index in [1.807, 2.05) is 6.92 Å². The zero-order valence-corrected chi connectivity index (χ0v) is 9.76. The highest BCUT2D eigenvalue weighted by Crippen LogP contribution is 2.28. The van der Waals surface area contributed by atoms with Crippen molar-refractivity contribution in [3.63, 3.8) is 0 Å². The molecule has 0 bridgehead atoms. The van der Waals surface area contributed by atoms with E-state index in [2.05, 4.69) is 6.92 Å². The smallest absolute Gasteiger partial charge is 0.141 e. The maximum atomic E-state index is 12.9. The van der Waals surface area contributed by atoms with Crippen molar-refractivity contribution in [1.29, 1.82) is 0 Å². The van der Waals surface area contributed by atoms with Gasteiger partial charge >= 0.3 is 0 Å². The van der Waals surface area contributed by atoms with Gasteiger partial charge in [0.25, 0.3) is 0 Å². The van der Waals surface area contributed by atoms with E-state index in [1.54, 1.807) is 6.07 Å². The number of hydrogen-bond acceptors (Lipinski definition) is 1. The van der Waals surface area contributed by atoms with Crippen LogP contribution in [0.15, 0.2) is 18.2 Å². The first kappa shape index (κ1) is 12.5. The predicted molar refractivity (Wildman–Crippen MR) is 60.4 cm³/mol. The third-order valence-corrected chi connectivity index (χ3v) is 2.86. The minimum atomic E-state index is -0.567. The Hall–Kier alpha value is -0.600. The molecule has 0 amide bonds. The molecular formula is C12H16ClFO. The van der Waals surface area contributed by atoms with Crippen molar-refractivity contribution in [2.45, 2.75) is 32.8 Å². The molecule has 0 radical (unpaired) electrons. The summed E-state index contributed by atoms with van der Waals surface area (Å²) in [7, 11) is 0. The minimum absolute atomic E-state index is 0.0650. The number of rotatable bonds is 4. The molecule has 0 saturated carbocycles. The Balaban J connectivity index is 2.81. The monoisotopic (exact) mass is 230 g/mol. The van der Waals surface area contributed by atoms with Crippen LogP contribution in [-0.2, 0) is 0 Å². The highest BCUT2D eigenvalue weighted by atomic mass is 35.5. The SMILES string of the molecule is CCCC(C)C(O)c1ccc(F)c(Cl)c1. The van der Waals surface area contributed by atoms with E-state index in [4.69, 9.17) is 11.6 Å². The number of hydrogen-bond donors (Lipinski definition) is 1. The van der Waals surface area contributed by atoms with Gasteiger partial charge in [0, 0.05) is 0 Å². The molecule has 84 valence electrons. The van der Waals surface area contributed by atoms with Gasteiger partial charge in [-0.05, 0) is 30.0 Å². The van der Waals surface area contributed by atoms with E-state index < -0.39 is 11.9 Å². The number of aliphatic hydroxyl groups excluding tert-OH is 1. The zero-order chi connectivity index (χ0) is 11.4. The Kier molecular flexibility index (Phi) is 4.55. The van der Waals surface area contributed by atoms with Crippen LogP contribution in [0.25, 0.3) is 0 Å². The molecule has 0 aliphatic heterocycles. The highest BCUT2D eigenvalue weighted by Gasteiger charge is 2.16. The van der Waals surface area contributed by atoms with Gasteiger partial charge in [0.2, 0.25) is 0 Å². The van der Waals surface area contributed by atoms with Gasteiger partial charge in [-0.2, -0.15) is 0 Å². The summed E-state index contributed by atoms with van der Waals surface area (Å²) in [6, 6.07) is 4.37. The van der Waals surface area contributed by atoms with Crippen molar-refractivity contribution in [3.8, 4) is 0 Å². The van der Waals surface area contributed by atoms with Crippen LogP contribution < -0.4 is 0 Å². The van der Waals surface area contributed by atoms with Crippen molar-refractivity contribution in [2.75, 3.05) is 0 Å². The van der Waals surface area contributed by atoms with Crippen LogP contribution in [0.1, 0.15) is 38.4 Å². The Morgan fingerprint density at radius 1 is 1.47 bits per heavy atom. The molecule has 0 fully saturated rings. The van der Waals surface area contributed by atoms with Crippen LogP contribution in [0.5, 0.6) is 0 Å². The number of benzene rings is 1. The predicted octanol–water partition coefficient (Wildman–Crippen LogP) is 3.95. The first-order chi connectivity index (χ1) is 7.06. The summed E-state index contributed by atoms with van der Waals surface area (Å²) in [6.45, 7) is 4.05. The minimum Gasteiger partial charge on any atom is -0.388 e. The molecule has 0 spiro atoms. The molecule has 1 aromatic carbocycles. The molecule has 1 aromatic rings. The van der Waals surface area contributed by atoms with E-state index in [1.165, 1.54) is 12.1 Å². The average Bonchev–Trinajstić information content (AvgIpc) is 2.21. The molecule has 1 rings (SSSR count). The summed E-state index contributed by atoms with van der Waals surface area (Å²) in [5.41, 5.74) is 0.683. The van der Waals surface area contributed by atoms with E-state index in [-0.39, 0.29) is 10.9 Å². The second kappa shape index (κ2) is 5.47. The average molecular weight is 231 g/mol. The largest absolute Gasteiger partial charge is 0.388 e. The van der Waals surface area contributed by atoms with Crippen LogP contribution in [0.4, 0.5) is 4.39 Å². The van der Waals surface area contributed by atoms with Crippen molar-refractivity contribution in [3.05, 3.63) is 34.6 Å². The molecule has 1 N–H and O–H groups in total. The quantitative estimate of drug-likeness (QED) is 0.831. The van der Waals surface area contributed by atoms with Crippen LogP contribution in [0.2, 0.25) is 5.02 Å². The van der Waals surface area contributed by atoms with Crippen LogP contribution >= 0.6 is 11.6 Å². The van der Waals surface area contributed by atoms with Crippen LogP contribution in [0.3, 0.4) is 0 Å². The maximum absolute atomic E-state index is 12.9. The molecule has 0 saturated heterocycles. The summed E-state index contributed by atoms with van der Waals surface area (Å²) >= 11 is 5.65. The third-order valence-electron chi connectivity index (χ3n) is 2.57. The molecule has 2 atom stereocenters. The summed E-state index contributed by atoms with van der Waals surface area (Å²) in [4.78, 5) is 0. The fourth-order valence-electron chi connectivity index (χ4n) is 1.64. The number of halogens is 2. The van der Waals surface area contributed by atoms with Gasteiger partial charge < -0.3 is 5.11 Å². The Bertz CT molecular complexity index is 327. The normalized spacial score (nSPS) is 15.0. The lowest BCUT2D eigenvalue weighted by Crippen LogP contribution is -2.09. The second-order valence-corrected chi connectivity index (χ2v) is 4.29. The standard InChI is InChI=1S/C12H16ClFO/c1-3-4-8(2)12(15)9-5-6-11(14)10(13)7-9/h5-8,12,15H,3-4H2,1-2H3. The van der Waals surface area contributed by atoms with Gasteiger partial charge in [-0.1, -0.05) is 37.9 Å². The molecule has 0 aromatic heterocycles. The number of aliphatic hydroxyl groups is 1. The summed E-state index contributed by atoms with van der Waals surface area (Å²) in [5.74, 6) is -0.285. The van der Waals surface area contributed by atoms with Gasteiger partial charge in [0.15, 0.2) is 0 Å². The summed E-state index contributed by atoms with van der Waals surface area (Å²) in [6.07, 6.45) is 1.40. The Morgan fingerprint density at radius 2 is 2.13 bits per heavy atom. The Labute approximate surface area is 94.9 Å². The van der Waals surface area contributed by atoms with Crippen LogP contribution in [-0.4, -0.2) is 5.11 Å². The molecule has 0 aliphatic carbocycles. The second-order valence-electron chi connectivity index (χ2n) is 3.88. The fourth-order valence-corrected chi connectivity index (χ4v) is 1.83. The molecule has 15 heavy (non-hydrogen) atoms. The third kappa shape index (κ3) is 3.18. The molecule has 0 heterocycles. The summed E-state index contributed by atoms with van der Waals surface area (Å²) < 4.78 is 12.9. The first-order valence-corrected chi connectivity index (χ1v) is 5.57. The first-order valence-electron chi connectivity index (χ1n) is 5.19. The lowest BCUT2D eigenvalue weighted by Gasteiger charge is -2.18. The molecular weight excluding hydrogens is 215 g/mol. The zero-order valence-electron chi connectivity index (χ0n) is 9.00. The molecule has 1 nitrogen and oxygen atoms in total. The van der Waals surface area contributed by atoms with E-state index in [0.29, 0.717) is 5.56 Å². The maximum Gasteiger partial charge on any atom is 0.141 e. The Morgan fingerprint density at radius 3 is 2.67 bits per heavy atom. The van der Waals surface area contributed by atoms with Crippen molar-refractivity contribution < 1.29 is 9.50 Å². The fraction of sp³-hybridized carbons (Fsp3) is 0.500. The highest BCUT2D eigenvalue weighted by molar-refractivity contribution is 6.30. The van der Waals surface area contributed by atoms with E-state index >= 15 is 0 Å². The van der Waals surface area contributed by atoms with Crippen molar-refractivity contribution >= 4 is 11.6 Å². The van der Waals surface area contributed by atoms with Gasteiger partial charge in [-0.3, -0.25) is 0 Å². The van der Waals surface area contributed by atoms with Gasteiger partial charge in [0.1, 0.15) is 5.82 Å². The molecule has 2 unspecified atom stereocenters. The molecule has 3 heteroatoms. The summed E-state index contributed by atoms with van der Waals surface area (Å²) in [5, 5.41) is 10.0. The van der Waals surface area contributed by atoms with Crippen LogP contribution in [0, 0.1) is 11.7 Å². The van der Waals surface area contributed by atoms with Gasteiger partial charge in [-0.25, -0.2) is 4.39 Å². The topological polar surface area (TPSA) is 20.2 Å². The lowest BCUT2D eigenvalue weighted by molar-refractivity contribution is 0.112. The molecule has 0 aliphatic rings. The van der Waals surface area contributed by atoms with Gasteiger partial charge in [-0.15, -0.1) is 0 Å².